The summed E-state index contributed by atoms with van der Waals surface area (Å²) < 4.78 is 5.11. The molecule has 0 heterocycles. The molecule has 0 aromatic heterocycles. The van der Waals surface area contributed by atoms with Gasteiger partial charge in [0.25, 0.3) is 0 Å². The average Bonchev–Trinajstić information content (AvgIpc) is 2.81. The fraction of sp³-hybridized carbons (Fsp3) is 0.111. The van der Waals surface area contributed by atoms with E-state index in [1.165, 1.54) is 30.4 Å². The summed E-state index contributed by atoms with van der Waals surface area (Å²) in [6.45, 7) is 0. The Morgan fingerprint density at radius 2 is 1.38 bits per heavy atom. The first-order valence-corrected chi connectivity index (χ1v) is 10.1. The molecule has 0 fully saturated rings. The van der Waals surface area contributed by atoms with E-state index < -0.39 is 5.78 Å². The molecule has 0 spiro atoms. The summed E-state index contributed by atoms with van der Waals surface area (Å²) in [7, 11) is 5.51. The summed E-state index contributed by atoms with van der Waals surface area (Å²) in [4.78, 5) is 27.2. The minimum absolute atomic E-state index is 0.0735. The highest BCUT2D eigenvalue weighted by atomic mass is 16.5. The molecule has 3 aromatic carbocycles. The van der Waals surface area contributed by atoms with Gasteiger partial charge in [-0.1, -0.05) is 36.4 Å². The minimum atomic E-state index is -0.392. The van der Waals surface area contributed by atoms with Gasteiger partial charge in [0.1, 0.15) is 11.5 Å². The third kappa shape index (κ3) is 5.73. The summed E-state index contributed by atoms with van der Waals surface area (Å²) >= 11 is 0. The lowest BCUT2D eigenvalue weighted by atomic mass is 10.0. The topological polar surface area (TPSA) is 66.8 Å². The van der Waals surface area contributed by atoms with E-state index >= 15 is 0 Å². The highest BCUT2D eigenvalue weighted by molar-refractivity contribution is 6.12. The number of allylic oxidation sites excluding steroid dienone is 2. The number of nitrogens with zero attached hydrogens (tertiary/aromatic N) is 1. The second-order valence-corrected chi connectivity index (χ2v) is 7.39. The van der Waals surface area contributed by atoms with Crippen LogP contribution in [0, 0.1) is 0 Å². The fourth-order valence-corrected chi connectivity index (χ4v) is 3.02. The van der Waals surface area contributed by atoms with Crippen LogP contribution in [0.15, 0.2) is 78.9 Å². The number of hydrogen-bond donors (Lipinski definition) is 1. The average molecular weight is 428 g/mol. The molecular formula is C27H25NO4. The number of anilines is 1. The molecule has 0 bridgehead atoms. The van der Waals surface area contributed by atoms with Gasteiger partial charge in [-0.3, -0.25) is 9.59 Å². The molecule has 0 radical (unpaired) electrons. The Morgan fingerprint density at radius 3 is 1.94 bits per heavy atom. The van der Waals surface area contributed by atoms with Crippen molar-refractivity contribution in [2.75, 3.05) is 26.1 Å². The number of carbonyl (C=O) groups excluding carboxylic acids is 2. The van der Waals surface area contributed by atoms with Crippen molar-refractivity contribution in [3.05, 3.63) is 101 Å². The van der Waals surface area contributed by atoms with E-state index in [-0.39, 0.29) is 17.1 Å². The molecule has 0 aliphatic heterocycles. The van der Waals surface area contributed by atoms with Gasteiger partial charge < -0.3 is 14.7 Å². The Hall–Kier alpha value is -4.12. The van der Waals surface area contributed by atoms with E-state index in [0.717, 1.165) is 22.6 Å². The van der Waals surface area contributed by atoms with Gasteiger partial charge in [-0.25, -0.2) is 0 Å². The van der Waals surface area contributed by atoms with Crippen LogP contribution in [0.25, 0.3) is 12.2 Å². The molecule has 3 aromatic rings. The fourth-order valence-electron chi connectivity index (χ4n) is 3.02. The molecule has 0 saturated carbocycles. The number of rotatable bonds is 8. The van der Waals surface area contributed by atoms with Gasteiger partial charge >= 0.3 is 0 Å². The zero-order chi connectivity index (χ0) is 23.1. The van der Waals surface area contributed by atoms with Gasteiger partial charge in [-0.2, -0.15) is 0 Å². The second-order valence-electron chi connectivity index (χ2n) is 7.39. The number of methoxy groups -OCH3 is 1. The standard InChI is InChI=1S/C27H25NO4/c1-28(2)22-11-4-19(5-12-22)8-15-25(29)21-10-17-27(31)24(18-21)26(30)16-9-20-6-13-23(32-3)14-7-20/h4-18,31H,1-3H3/b15-8+,16-9+. The van der Waals surface area contributed by atoms with Crippen LogP contribution >= 0.6 is 0 Å². The predicted molar refractivity (Wildman–Crippen MR) is 129 cm³/mol. The minimum Gasteiger partial charge on any atom is -0.507 e. The Kier molecular flexibility index (Phi) is 7.24. The zero-order valence-corrected chi connectivity index (χ0v) is 18.3. The van der Waals surface area contributed by atoms with Crippen molar-refractivity contribution in [1.82, 2.24) is 0 Å². The molecule has 0 aliphatic rings. The molecule has 5 heteroatoms. The number of hydrogen-bond acceptors (Lipinski definition) is 5. The van der Waals surface area contributed by atoms with Crippen LogP contribution in [0.1, 0.15) is 31.8 Å². The third-order valence-electron chi connectivity index (χ3n) is 4.93. The van der Waals surface area contributed by atoms with E-state index in [2.05, 4.69) is 0 Å². The summed E-state index contributed by atoms with van der Waals surface area (Å²) in [5.41, 5.74) is 3.17. The molecule has 5 nitrogen and oxygen atoms in total. The van der Waals surface area contributed by atoms with Crippen molar-refractivity contribution in [2.24, 2.45) is 0 Å². The molecule has 162 valence electrons. The summed E-state index contributed by atoms with van der Waals surface area (Å²) in [5, 5.41) is 10.1. The maximum absolute atomic E-state index is 12.6. The summed E-state index contributed by atoms with van der Waals surface area (Å²) in [5.74, 6) is -0.0979. The molecule has 32 heavy (non-hydrogen) atoms. The van der Waals surface area contributed by atoms with Gasteiger partial charge in [0.2, 0.25) is 0 Å². The van der Waals surface area contributed by atoms with E-state index in [1.807, 2.05) is 55.4 Å². The van der Waals surface area contributed by atoms with Gasteiger partial charge in [-0.05, 0) is 65.7 Å². The van der Waals surface area contributed by atoms with Crippen molar-refractivity contribution in [3.8, 4) is 11.5 Å². The molecule has 0 saturated heterocycles. The SMILES string of the molecule is COc1ccc(/C=C/C(=O)c2cc(C(=O)/C=C/c3ccc(N(C)C)cc3)ccc2O)cc1. The van der Waals surface area contributed by atoms with E-state index in [1.54, 1.807) is 31.4 Å². The van der Waals surface area contributed by atoms with Crippen LogP contribution in [-0.4, -0.2) is 37.9 Å². The van der Waals surface area contributed by atoms with Crippen molar-refractivity contribution >= 4 is 29.4 Å². The van der Waals surface area contributed by atoms with Crippen LogP contribution in [-0.2, 0) is 0 Å². The highest BCUT2D eigenvalue weighted by Gasteiger charge is 2.12. The third-order valence-corrected chi connectivity index (χ3v) is 4.93. The number of benzene rings is 3. The molecule has 0 unspecified atom stereocenters. The largest absolute Gasteiger partial charge is 0.507 e. The Balaban J connectivity index is 1.74. The lowest BCUT2D eigenvalue weighted by Gasteiger charge is -2.11. The first kappa shape index (κ1) is 22.6. The van der Waals surface area contributed by atoms with Crippen LogP contribution < -0.4 is 9.64 Å². The van der Waals surface area contributed by atoms with E-state index in [9.17, 15) is 14.7 Å². The first-order chi connectivity index (χ1) is 15.4. The molecule has 0 atom stereocenters. The number of aromatic hydroxyl groups is 1. The van der Waals surface area contributed by atoms with Gasteiger partial charge in [0, 0.05) is 25.3 Å². The zero-order valence-electron chi connectivity index (χ0n) is 18.3. The first-order valence-electron chi connectivity index (χ1n) is 10.1. The van der Waals surface area contributed by atoms with Crippen molar-refractivity contribution in [2.45, 2.75) is 0 Å². The van der Waals surface area contributed by atoms with Crippen LogP contribution in [0.2, 0.25) is 0 Å². The van der Waals surface area contributed by atoms with Gasteiger partial charge in [0.05, 0.1) is 12.7 Å². The quantitative estimate of drug-likeness (QED) is 0.392. The number of ketones is 2. The highest BCUT2D eigenvalue weighted by Crippen LogP contribution is 2.21. The van der Waals surface area contributed by atoms with Crippen molar-refractivity contribution in [3.63, 3.8) is 0 Å². The van der Waals surface area contributed by atoms with Crippen molar-refractivity contribution in [1.29, 1.82) is 0 Å². The van der Waals surface area contributed by atoms with E-state index in [0.29, 0.717) is 5.56 Å². The molecule has 3 rings (SSSR count). The summed E-state index contributed by atoms with van der Waals surface area (Å²) in [6.07, 6.45) is 6.19. The Labute approximate surface area is 187 Å². The van der Waals surface area contributed by atoms with Crippen LogP contribution in [0.3, 0.4) is 0 Å². The van der Waals surface area contributed by atoms with Crippen LogP contribution in [0.4, 0.5) is 5.69 Å². The Bertz CT molecular complexity index is 1160. The lowest BCUT2D eigenvalue weighted by molar-refractivity contribution is 0.104. The second kappa shape index (κ2) is 10.3. The molecular weight excluding hydrogens is 402 g/mol. The maximum Gasteiger partial charge on any atom is 0.189 e. The maximum atomic E-state index is 12.6. The van der Waals surface area contributed by atoms with Gasteiger partial charge in [-0.15, -0.1) is 0 Å². The molecule has 1 N–H and O–H groups in total. The lowest BCUT2D eigenvalue weighted by Crippen LogP contribution is -2.07. The molecule has 0 amide bonds. The van der Waals surface area contributed by atoms with E-state index in [4.69, 9.17) is 4.74 Å². The smallest absolute Gasteiger partial charge is 0.189 e. The number of phenols is 1. The Morgan fingerprint density at radius 1 is 0.812 bits per heavy atom. The predicted octanol–water partition coefficient (Wildman–Crippen LogP) is 5.26. The van der Waals surface area contributed by atoms with Crippen molar-refractivity contribution < 1.29 is 19.4 Å². The monoisotopic (exact) mass is 427 g/mol. The van der Waals surface area contributed by atoms with Crippen LogP contribution in [0.5, 0.6) is 11.5 Å². The summed E-state index contributed by atoms with van der Waals surface area (Å²) in [6, 6.07) is 19.3. The molecule has 0 aliphatic carbocycles. The number of carbonyl (C=O) groups is 2. The van der Waals surface area contributed by atoms with Gasteiger partial charge in [0.15, 0.2) is 11.6 Å². The number of phenolic OH excluding ortho intramolecular Hbond substituents is 1. The normalized spacial score (nSPS) is 11.1. The number of ether oxygens (including phenoxy) is 1.